The molecule has 0 saturated carbocycles. The zero-order chi connectivity index (χ0) is 16.1. The molecule has 23 heavy (non-hydrogen) atoms. The lowest BCUT2D eigenvalue weighted by Gasteiger charge is -2.07. The summed E-state index contributed by atoms with van der Waals surface area (Å²) in [5.74, 6) is 0.949. The molecule has 3 rings (SSSR count). The Bertz CT molecular complexity index is 770. The Balaban J connectivity index is 1.74. The van der Waals surface area contributed by atoms with Gasteiger partial charge in [0.2, 0.25) is 0 Å². The first kappa shape index (κ1) is 15.2. The monoisotopic (exact) mass is 313 g/mol. The van der Waals surface area contributed by atoms with Gasteiger partial charge >= 0.3 is 0 Å². The van der Waals surface area contributed by atoms with E-state index in [1.807, 2.05) is 23.6 Å². The fourth-order valence-electron chi connectivity index (χ4n) is 2.28. The maximum Gasteiger partial charge on any atom is 0.165 e. The van der Waals surface area contributed by atoms with Crippen molar-refractivity contribution in [2.24, 2.45) is 0 Å². The lowest BCUT2D eigenvalue weighted by atomic mass is 10.2. The average Bonchev–Trinajstić information content (AvgIpc) is 2.98. The van der Waals surface area contributed by atoms with E-state index in [1.54, 1.807) is 18.5 Å². The maximum absolute atomic E-state index is 9.31. The van der Waals surface area contributed by atoms with Crippen LogP contribution in [0.25, 0.3) is 11.2 Å². The van der Waals surface area contributed by atoms with Crippen molar-refractivity contribution >= 4 is 17.0 Å². The smallest absolute Gasteiger partial charge is 0.165 e. The van der Waals surface area contributed by atoms with Crippen LogP contribution in [-0.4, -0.2) is 37.8 Å². The number of benzene rings is 1. The van der Waals surface area contributed by atoms with E-state index in [9.17, 15) is 5.11 Å². The van der Waals surface area contributed by atoms with Gasteiger partial charge in [0.15, 0.2) is 11.5 Å². The van der Waals surface area contributed by atoms with Crippen molar-refractivity contribution in [3.8, 4) is 5.75 Å². The van der Waals surface area contributed by atoms with Crippen molar-refractivity contribution < 1.29 is 9.84 Å². The van der Waals surface area contributed by atoms with E-state index in [-0.39, 0.29) is 5.75 Å². The molecule has 2 N–H and O–H groups in total. The molecule has 120 valence electrons. The zero-order valence-corrected chi connectivity index (χ0v) is 12.9. The van der Waals surface area contributed by atoms with Crippen LogP contribution in [-0.2, 0) is 17.8 Å². The molecule has 0 unspecified atom stereocenters. The molecule has 3 aromatic rings. The van der Waals surface area contributed by atoms with Crippen LogP contribution in [0.1, 0.15) is 12.5 Å². The Kier molecular flexibility index (Phi) is 4.68. The van der Waals surface area contributed by atoms with Gasteiger partial charge in [-0.2, -0.15) is 0 Å². The number of phenolic OH excluding ortho intramolecular Hbond substituents is 1. The number of fused-ring (bicyclic) bond motifs is 1. The number of imidazole rings is 1. The first-order valence-electron chi connectivity index (χ1n) is 7.53. The summed E-state index contributed by atoms with van der Waals surface area (Å²) in [5, 5.41) is 12.6. The van der Waals surface area contributed by atoms with E-state index in [2.05, 4.69) is 20.3 Å². The van der Waals surface area contributed by atoms with Gasteiger partial charge in [-0.25, -0.2) is 15.0 Å². The molecule has 7 heteroatoms. The fourth-order valence-corrected chi connectivity index (χ4v) is 2.28. The van der Waals surface area contributed by atoms with Crippen molar-refractivity contribution in [1.29, 1.82) is 0 Å². The molecule has 0 aliphatic rings. The first-order valence-corrected chi connectivity index (χ1v) is 7.53. The molecule has 1 aromatic carbocycles. The molecule has 0 amide bonds. The standard InChI is InChI=1S/C16H19N5O2/c1-2-23-8-7-21-11-20-14-15(18-10-19-16(14)21)17-9-12-3-5-13(22)6-4-12/h3-6,10-11,22H,2,7-9H2,1H3,(H,17,18,19). The quantitative estimate of drug-likeness (QED) is 0.650. The van der Waals surface area contributed by atoms with Crippen LogP contribution in [0.2, 0.25) is 0 Å². The number of anilines is 1. The summed E-state index contributed by atoms with van der Waals surface area (Å²) in [7, 11) is 0. The highest BCUT2D eigenvalue weighted by Crippen LogP contribution is 2.18. The van der Waals surface area contributed by atoms with Crippen molar-refractivity contribution in [3.05, 3.63) is 42.5 Å². The lowest BCUT2D eigenvalue weighted by molar-refractivity contribution is 0.139. The van der Waals surface area contributed by atoms with Crippen LogP contribution in [0.15, 0.2) is 36.9 Å². The number of aromatic hydroxyl groups is 1. The van der Waals surface area contributed by atoms with Crippen molar-refractivity contribution in [2.45, 2.75) is 20.0 Å². The minimum Gasteiger partial charge on any atom is -0.508 e. The molecule has 0 fully saturated rings. The highest BCUT2D eigenvalue weighted by Gasteiger charge is 2.09. The number of nitrogens with zero attached hydrogens (tertiary/aromatic N) is 4. The number of rotatable bonds is 7. The van der Waals surface area contributed by atoms with Crippen LogP contribution in [0.3, 0.4) is 0 Å². The molecule has 0 bridgehead atoms. The molecule has 2 aromatic heterocycles. The minimum absolute atomic E-state index is 0.256. The van der Waals surface area contributed by atoms with Crippen LogP contribution in [0, 0.1) is 0 Å². The molecular formula is C16H19N5O2. The molecule has 0 radical (unpaired) electrons. The third-order valence-electron chi connectivity index (χ3n) is 3.48. The van der Waals surface area contributed by atoms with Crippen LogP contribution in [0.5, 0.6) is 5.75 Å². The highest BCUT2D eigenvalue weighted by atomic mass is 16.5. The van der Waals surface area contributed by atoms with E-state index in [4.69, 9.17) is 4.74 Å². The second-order valence-electron chi connectivity index (χ2n) is 5.05. The molecule has 0 aliphatic heterocycles. The van der Waals surface area contributed by atoms with E-state index in [0.29, 0.717) is 32.1 Å². The predicted octanol–water partition coefficient (Wildman–Crippen LogP) is 2.18. The van der Waals surface area contributed by atoms with E-state index < -0.39 is 0 Å². The van der Waals surface area contributed by atoms with Gasteiger partial charge in [-0.15, -0.1) is 0 Å². The number of nitrogens with one attached hydrogen (secondary N) is 1. The molecule has 7 nitrogen and oxygen atoms in total. The van der Waals surface area contributed by atoms with Gasteiger partial charge in [-0.3, -0.25) is 0 Å². The van der Waals surface area contributed by atoms with E-state index in [1.165, 1.54) is 6.33 Å². The second-order valence-corrected chi connectivity index (χ2v) is 5.05. The Morgan fingerprint density at radius 2 is 2.00 bits per heavy atom. The van der Waals surface area contributed by atoms with Crippen molar-refractivity contribution in [3.63, 3.8) is 0 Å². The summed E-state index contributed by atoms with van der Waals surface area (Å²) in [6, 6.07) is 7.05. The molecule has 0 saturated heterocycles. The Hall–Kier alpha value is -2.67. The summed E-state index contributed by atoms with van der Waals surface area (Å²) in [5.41, 5.74) is 2.57. The van der Waals surface area contributed by atoms with Crippen LogP contribution in [0.4, 0.5) is 5.82 Å². The Morgan fingerprint density at radius 3 is 2.78 bits per heavy atom. The minimum atomic E-state index is 0.256. The number of phenols is 1. The third-order valence-corrected chi connectivity index (χ3v) is 3.48. The number of aromatic nitrogens is 4. The number of ether oxygens (including phenoxy) is 1. The summed E-state index contributed by atoms with van der Waals surface area (Å²) < 4.78 is 7.33. The first-order chi connectivity index (χ1) is 11.3. The summed E-state index contributed by atoms with van der Waals surface area (Å²) in [4.78, 5) is 13.0. The van der Waals surface area contributed by atoms with Gasteiger partial charge in [-0.05, 0) is 24.6 Å². The SMILES string of the molecule is CCOCCn1cnc2c(NCc3ccc(O)cc3)ncnc21. The summed E-state index contributed by atoms with van der Waals surface area (Å²) >= 11 is 0. The average molecular weight is 313 g/mol. The molecular weight excluding hydrogens is 294 g/mol. The topological polar surface area (TPSA) is 85.1 Å². The van der Waals surface area contributed by atoms with Crippen molar-refractivity contribution in [1.82, 2.24) is 19.5 Å². The predicted molar refractivity (Wildman–Crippen MR) is 87.2 cm³/mol. The van der Waals surface area contributed by atoms with Gasteiger partial charge in [0.25, 0.3) is 0 Å². The van der Waals surface area contributed by atoms with Gasteiger partial charge in [0.1, 0.15) is 17.6 Å². The van der Waals surface area contributed by atoms with Gasteiger partial charge < -0.3 is 19.7 Å². The Morgan fingerprint density at radius 1 is 1.17 bits per heavy atom. The van der Waals surface area contributed by atoms with E-state index >= 15 is 0 Å². The summed E-state index contributed by atoms with van der Waals surface area (Å²) in [6.07, 6.45) is 3.28. The molecule has 0 aliphatic carbocycles. The zero-order valence-electron chi connectivity index (χ0n) is 12.9. The maximum atomic E-state index is 9.31. The Labute approximate surface area is 134 Å². The highest BCUT2D eigenvalue weighted by molar-refractivity contribution is 5.82. The van der Waals surface area contributed by atoms with E-state index in [0.717, 1.165) is 16.7 Å². The second kappa shape index (κ2) is 7.06. The van der Waals surface area contributed by atoms with Crippen LogP contribution >= 0.6 is 0 Å². The van der Waals surface area contributed by atoms with Crippen LogP contribution < -0.4 is 5.32 Å². The normalized spacial score (nSPS) is 11.0. The van der Waals surface area contributed by atoms with Crippen molar-refractivity contribution in [2.75, 3.05) is 18.5 Å². The molecule has 2 heterocycles. The number of hydrogen-bond acceptors (Lipinski definition) is 6. The summed E-state index contributed by atoms with van der Waals surface area (Å²) in [6.45, 7) is 4.60. The lowest BCUT2D eigenvalue weighted by Crippen LogP contribution is -2.06. The third kappa shape index (κ3) is 3.57. The van der Waals surface area contributed by atoms with Gasteiger partial charge in [-0.1, -0.05) is 12.1 Å². The van der Waals surface area contributed by atoms with Gasteiger partial charge in [0, 0.05) is 19.7 Å². The molecule has 0 atom stereocenters. The fraction of sp³-hybridized carbons (Fsp3) is 0.312. The largest absolute Gasteiger partial charge is 0.508 e. The molecule has 0 spiro atoms. The number of hydrogen-bond donors (Lipinski definition) is 2. The van der Waals surface area contributed by atoms with Gasteiger partial charge in [0.05, 0.1) is 12.9 Å².